The number of benzene rings is 1. The average molecular weight is 243 g/mol. The SMILES string of the molecule is Cc1ccc(C#CCO)c(C(=O)NC2(C)CC2)c1. The predicted octanol–water partition coefficient (Wildman–Crippen LogP) is 1.62. The molecule has 94 valence electrons. The standard InChI is InChI=1S/C15H17NO2/c1-11-5-6-12(4-3-9-17)13(10-11)14(18)16-15(2)7-8-15/h5-6,10,17H,7-9H2,1-2H3,(H,16,18). The second-order valence-corrected chi connectivity index (χ2v) is 5.02. The molecule has 0 aromatic heterocycles. The second kappa shape index (κ2) is 4.83. The summed E-state index contributed by atoms with van der Waals surface area (Å²) in [5, 5.41) is 11.8. The summed E-state index contributed by atoms with van der Waals surface area (Å²) in [7, 11) is 0. The van der Waals surface area contributed by atoms with Gasteiger partial charge in [-0.1, -0.05) is 23.5 Å². The summed E-state index contributed by atoms with van der Waals surface area (Å²) < 4.78 is 0. The molecule has 1 aromatic carbocycles. The summed E-state index contributed by atoms with van der Waals surface area (Å²) >= 11 is 0. The fourth-order valence-corrected chi connectivity index (χ4v) is 1.74. The second-order valence-electron chi connectivity index (χ2n) is 5.02. The molecule has 0 heterocycles. The minimum Gasteiger partial charge on any atom is -0.384 e. The number of hydrogen-bond donors (Lipinski definition) is 2. The van der Waals surface area contributed by atoms with E-state index in [2.05, 4.69) is 17.2 Å². The van der Waals surface area contributed by atoms with Crippen LogP contribution < -0.4 is 5.32 Å². The third-order valence-electron chi connectivity index (χ3n) is 3.14. The van der Waals surface area contributed by atoms with Gasteiger partial charge in [0.25, 0.3) is 5.91 Å². The van der Waals surface area contributed by atoms with Crippen molar-refractivity contribution in [3.63, 3.8) is 0 Å². The van der Waals surface area contributed by atoms with E-state index in [1.165, 1.54) is 0 Å². The van der Waals surface area contributed by atoms with Gasteiger partial charge in [0.05, 0.1) is 5.56 Å². The van der Waals surface area contributed by atoms with Gasteiger partial charge in [0, 0.05) is 11.1 Å². The van der Waals surface area contributed by atoms with Crippen LogP contribution in [-0.4, -0.2) is 23.2 Å². The van der Waals surface area contributed by atoms with Gasteiger partial charge in [0.2, 0.25) is 0 Å². The van der Waals surface area contributed by atoms with Crippen LogP contribution in [0.15, 0.2) is 18.2 Å². The quantitative estimate of drug-likeness (QED) is 0.775. The molecule has 0 radical (unpaired) electrons. The number of aliphatic hydroxyl groups is 1. The van der Waals surface area contributed by atoms with Crippen molar-refractivity contribution >= 4 is 5.91 Å². The molecule has 1 aliphatic carbocycles. The first-order valence-electron chi connectivity index (χ1n) is 6.07. The maximum atomic E-state index is 12.2. The van der Waals surface area contributed by atoms with Gasteiger partial charge in [-0.15, -0.1) is 0 Å². The Balaban J connectivity index is 2.29. The maximum Gasteiger partial charge on any atom is 0.252 e. The van der Waals surface area contributed by atoms with Crippen LogP contribution in [0, 0.1) is 18.8 Å². The lowest BCUT2D eigenvalue weighted by Gasteiger charge is -2.13. The minimum absolute atomic E-state index is 0.0392. The van der Waals surface area contributed by atoms with Crippen LogP contribution in [-0.2, 0) is 0 Å². The van der Waals surface area contributed by atoms with Gasteiger partial charge in [-0.2, -0.15) is 0 Å². The van der Waals surface area contributed by atoms with Gasteiger partial charge >= 0.3 is 0 Å². The van der Waals surface area contributed by atoms with E-state index in [-0.39, 0.29) is 18.1 Å². The van der Waals surface area contributed by atoms with Gasteiger partial charge in [0.1, 0.15) is 6.61 Å². The van der Waals surface area contributed by atoms with Crippen LogP contribution in [0.1, 0.15) is 41.3 Å². The fraction of sp³-hybridized carbons (Fsp3) is 0.400. The molecule has 0 aliphatic heterocycles. The highest BCUT2D eigenvalue weighted by molar-refractivity contribution is 5.97. The Morgan fingerprint density at radius 3 is 2.83 bits per heavy atom. The molecule has 0 bridgehead atoms. The molecular formula is C15H17NO2. The predicted molar refractivity (Wildman–Crippen MR) is 70.2 cm³/mol. The maximum absolute atomic E-state index is 12.2. The first-order chi connectivity index (χ1) is 8.54. The van der Waals surface area contributed by atoms with Gasteiger partial charge in [-0.3, -0.25) is 4.79 Å². The molecule has 18 heavy (non-hydrogen) atoms. The van der Waals surface area contributed by atoms with Crippen molar-refractivity contribution in [2.75, 3.05) is 6.61 Å². The van der Waals surface area contributed by atoms with Crippen molar-refractivity contribution in [2.45, 2.75) is 32.2 Å². The molecule has 1 aliphatic rings. The lowest BCUT2D eigenvalue weighted by Crippen LogP contribution is -2.34. The number of aliphatic hydroxyl groups excluding tert-OH is 1. The van der Waals surface area contributed by atoms with E-state index in [9.17, 15) is 4.79 Å². The number of amides is 1. The summed E-state index contributed by atoms with van der Waals surface area (Å²) in [6.45, 7) is 3.78. The van der Waals surface area contributed by atoms with E-state index in [0.717, 1.165) is 18.4 Å². The van der Waals surface area contributed by atoms with Gasteiger partial charge < -0.3 is 10.4 Å². The molecule has 0 unspecified atom stereocenters. The van der Waals surface area contributed by atoms with E-state index in [1.54, 1.807) is 0 Å². The Labute approximate surface area is 107 Å². The summed E-state index contributed by atoms with van der Waals surface area (Å²) in [6, 6.07) is 5.57. The number of nitrogens with one attached hydrogen (secondary N) is 1. The highest BCUT2D eigenvalue weighted by Gasteiger charge is 2.39. The van der Waals surface area contributed by atoms with Crippen molar-refractivity contribution < 1.29 is 9.90 Å². The number of hydrogen-bond acceptors (Lipinski definition) is 2. The van der Waals surface area contributed by atoms with E-state index < -0.39 is 0 Å². The first kappa shape index (κ1) is 12.7. The van der Waals surface area contributed by atoms with Crippen LogP contribution in [0.5, 0.6) is 0 Å². The monoisotopic (exact) mass is 243 g/mol. The lowest BCUT2D eigenvalue weighted by atomic mass is 10.0. The molecule has 0 spiro atoms. The Bertz CT molecular complexity index is 533. The zero-order valence-corrected chi connectivity index (χ0v) is 10.7. The molecular weight excluding hydrogens is 226 g/mol. The van der Waals surface area contributed by atoms with Crippen molar-refractivity contribution in [2.24, 2.45) is 0 Å². The summed E-state index contributed by atoms with van der Waals surface area (Å²) in [4.78, 5) is 12.2. The van der Waals surface area contributed by atoms with Crippen LogP contribution >= 0.6 is 0 Å². The summed E-state index contributed by atoms with van der Waals surface area (Å²) in [5.74, 6) is 5.32. The molecule has 2 rings (SSSR count). The van der Waals surface area contributed by atoms with E-state index in [1.807, 2.05) is 32.0 Å². The smallest absolute Gasteiger partial charge is 0.252 e. The molecule has 2 N–H and O–H groups in total. The molecule has 0 saturated heterocycles. The van der Waals surface area contributed by atoms with Crippen molar-refractivity contribution in [3.8, 4) is 11.8 Å². The van der Waals surface area contributed by atoms with Crippen LogP contribution in [0.4, 0.5) is 0 Å². The first-order valence-corrected chi connectivity index (χ1v) is 6.07. The van der Waals surface area contributed by atoms with Gasteiger partial charge in [-0.05, 0) is 38.8 Å². The molecule has 0 atom stereocenters. The Hall–Kier alpha value is -1.79. The zero-order valence-electron chi connectivity index (χ0n) is 10.7. The fourth-order valence-electron chi connectivity index (χ4n) is 1.74. The van der Waals surface area contributed by atoms with E-state index in [4.69, 9.17) is 5.11 Å². The molecule has 1 fully saturated rings. The molecule has 3 nitrogen and oxygen atoms in total. The molecule has 1 amide bonds. The van der Waals surface area contributed by atoms with Crippen molar-refractivity contribution in [3.05, 3.63) is 34.9 Å². The van der Waals surface area contributed by atoms with Crippen molar-refractivity contribution in [1.29, 1.82) is 0 Å². The third kappa shape index (κ3) is 2.91. The summed E-state index contributed by atoms with van der Waals surface area (Å²) in [5.41, 5.74) is 2.24. The van der Waals surface area contributed by atoms with Crippen LogP contribution in [0.2, 0.25) is 0 Å². The van der Waals surface area contributed by atoms with Crippen LogP contribution in [0.3, 0.4) is 0 Å². The topological polar surface area (TPSA) is 49.3 Å². The van der Waals surface area contributed by atoms with E-state index >= 15 is 0 Å². The average Bonchev–Trinajstić information content (AvgIpc) is 3.05. The van der Waals surface area contributed by atoms with Gasteiger partial charge in [0.15, 0.2) is 0 Å². The zero-order chi connectivity index (χ0) is 13.2. The summed E-state index contributed by atoms with van der Waals surface area (Å²) in [6.07, 6.45) is 2.06. The minimum atomic E-state index is -0.202. The van der Waals surface area contributed by atoms with E-state index in [0.29, 0.717) is 11.1 Å². The molecule has 1 saturated carbocycles. The largest absolute Gasteiger partial charge is 0.384 e. The Morgan fingerprint density at radius 1 is 1.50 bits per heavy atom. The highest BCUT2D eigenvalue weighted by atomic mass is 16.2. The number of rotatable bonds is 2. The van der Waals surface area contributed by atoms with Crippen molar-refractivity contribution in [1.82, 2.24) is 5.32 Å². The molecule has 1 aromatic rings. The third-order valence-corrected chi connectivity index (χ3v) is 3.14. The number of carbonyl (C=O) groups excluding carboxylic acids is 1. The normalized spacial score (nSPS) is 15.5. The number of carbonyl (C=O) groups is 1. The van der Waals surface area contributed by atoms with Gasteiger partial charge in [-0.25, -0.2) is 0 Å². The number of aryl methyl sites for hydroxylation is 1. The lowest BCUT2D eigenvalue weighted by molar-refractivity contribution is 0.0935. The highest BCUT2D eigenvalue weighted by Crippen LogP contribution is 2.34. The molecule has 3 heteroatoms. The Kier molecular flexibility index (Phi) is 3.40. The Morgan fingerprint density at radius 2 is 2.22 bits per heavy atom. The van der Waals surface area contributed by atoms with Crippen LogP contribution in [0.25, 0.3) is 0 Å².